The number of benzene rings is 2. The van der Waals surface area contributed by atoms with Crippen LogP contribution < -0.4 is 20.1 Å². The summed E-state index contributed by atoms with van der Waals surface area (Å²) in [6.45, 7) is 0.0838. The first-order valence-corrected chi connectivity index (χ1v) is 6.67. The fourth-order valence-corrected chi connectivity index (χ4v) is 2.15. The van der Waals surface area contributed by atoms with E-state index in [-0.39, 0.29) is 18.0 Å². The molecule has 0 unspecified atom stereocenters. The number of nitrogens with one attached hydrogen (secondary N) is 2. The Morgan fingerprint density at radius 3 is 2.26 bits per heavy atom. The van der Waals surface area contributed by atoms with Crippen LogP contribution in [0.4, 0.5) is 28.9 Å². The van der Waals surface area contributed by atoms with Gasteiger partial charge >= 0.3 is 0 Å². The lowest BCUT2D eigenvalue weighted by atomic mass is 10.2. The molecule has 9 heteroatoms. The van der Waals surface area contributed by atoms with E-state index in [9.17, 15) is 17.6 Å². The van der Waals surface area contributed by atoms with Crippen LogP contribution in [0.15, 0.2) is 24.3 Å². The topological polar surface area (TPSA) is 42.5 Å². The molecule has 0 spiro atoms. The predicted octanol–water partition coefficient (Wildman–Crippen LogP) is 3.78. The first-order chi connectivity index (χ1) is 11.0. The molecular weight excluding hydrogens is 336 g/mol. The van der Waals surface area contributed by atoms with E-state index in [1.165, 1.54) is 0 Å². The summed E-state index contributed by atoms with van der Waals surface area (Å²) in [5.41, 5.74) is -0.579. The first kappa shape index (κ1) is 15.3. The van der Waals surface area contributed by atoms with Gasteiger partial charge in [-0.2, -0.15) is 0 Å². The third-order valence-corrected chi connectivity index (χ3v) is 3.18. The van der Waals surface area contributed by atoms with Gasteiger partial charge in [0.25, 0.3) is 0 Å². The van der Waals surface area contributed by atoms with Crippen molar-refractivity contribution in [2.24, 2.45) is 0 Å². The molecule has 23 heavy (non-hydrogen) atoms. The standard InChI is InChI=1S/C14H8F4N2O2S/c15-7-4-8(16)12(18)13(11(7)17)20-14(23)19-6-1-2-9-10(3-6)22-5-21-9/h1-4H,5H2,(H2,19,20,23). The zero-order valence-corrected chi connectivity index (χ0v) is 12.1. The largest absolute Gasteiger partial charge is 0.454 e. The maximum Gasteiger partial charge on any atom is 0.231 e. The molecule has 1 heterocycles. The minimum atomic E-state index is -1.57. The second kappa shape index (κ2) is 5.92. The lowest BCUT2D eigenvalue weighted by Crippen LogP contribution is -2.21. The van der Waals surface area contributed by atoms with Crippen molar-refractivity contribution in [3.8, 4) is 11.5 Å². The Balaban J connectivity index is 1.78. The van der Waals surface area contributed by atoms with Gasteiger partial charge in [0.2, 0.25) is 6.79 Å². The lowest BCUT2D eigenvalue weighted by Gasteiger charge is -2.13. The van der Waals surface area contributed by atoms with Gasteiger partial charge in [-0.1, -0.05) is 0 Å². The molecule has 3 rings (SSSR count). The number of hydrogen-bond donors (Lipinski definition) is 2. The van der Waals surface area contributed by atoms with Crippen LogP contribution >= 0.6 is 12.2 Å². The minimum absolute atomic E-state index is 0.0838. The first-order valence-electron chi connectivity index (χ1n) is 6.26. The van der Waals surface area contributed by atoms with Gasteiger partial charge < -0.3 is 20.1 Å². The summed E-state index contributed by atoms with van der Waals surface area (Å²) in [6.07, 6.45) is 0. The maximum absolute atomic E-state index is 13.6. The Morgan fingerprint density at radius 1 is 0.913 bits per heavy atom. The average Bonchev–Trinajstić information content (AvgIpc) is 2.97. The number of rotatable bonds is 2. The van der Waals surface area contributed by atoms with Gasteiger partial charge in [0.1, 0.15) is 5.69 Å². The minimum Gasteiger partial charge on any atom is -0.454 e. The van der Waals surface area contributed by atoms with Crippen molar-refractivity contribution in [1.29, 1.82) is 0 Å². The molecule has 2 N–H and O–H groups in total. The van der Waals surface area contributed by atoms with Gasteiger partial charge in [-0.05, 0) is 24.4 Å². The molecule has 1 aliphatic heterocycles. The number of halogens is 4. The Bertz CT molecular complexity index is 775. The molecule has 0 fully saturated rings. The highest BCUT2D eigenvalue weighted by molar-refractivity contribution is 7.80. The van der Waals surface area contributed by atoms with E-state index < -0.39 is 29.0 Å². The van der Waals surface area contributed by atoms with Gasteiger partial charge in [0.15, 0.2) is 39.9 Å². The van der Waals surface area contributed by atoms with Gasteiger partial charge in [-0.15, -0.1) is 0 Å². The third-order valence-electron chi connectivity index (χ3n) is 2.98. The van der Waals surface area contributed by atoms with Crippen LogP contribution in [-0.2, 0) is 0 Å². The lowest BCUT2D eigenvalue weighted by molar-refractivity contribution is 0.174. The zero-order valence-electron chi connectivity index (χ0n) is 11.3. The quantitative estimate of drug-likeness (QED) is 0.493. The SMILES string of the molecule is Fc1cc(F)c(F)c(NC(=S)Nc2ccc3c(c2)OCO3)c1F. The van der Waals surface area contributed by atoms with Crippen molar-refractivity contribution in [1.82, 2.24) is 0 Å². The van der Waals surface area contributed by atoms with Crippen LogP contribution in [0.5, 0.6) is 11.5 Å². The number of fused-ring (bicyclic) bond motifs is 1. The molecule has 120 valence electrons. The molecule has 4 nitrogen and oxygen atoms in total. The van der Waals surface area contributed by atoms with Crippen LogP contribution in [-0.4, -0.2) is 11.9 Å². The molecule has 2 aromatic carbocycles. The summed E-state index contributed by atoms with van der Waals surface area (Å²) >= 11 is 4.88. The van der Waals surface area contributed by atoms with Gasteiger partial charge in [-0.25, -0.2) is 17.6 Å². The molecule has 0 radical (unpaired) electrons. The van der Waals surface area contributed by atoms with Crippen molar-refractivity contribution in [2.45, 2.75) is 0 Å². The van der Waals surface area contributed by atoms with E-state index in [4.69, 9.17) is 21.7 Å². The fraction of sp³-hybridized carbons (Fsp3) is 0.0714. The van der Waals surface area contributed by atoms with E-state index in [0.29, 0.717) is 17.2 Å². The number of thiocarbonyl (C=S) groups is 1. The van der Waals surface area contributed by atoms with Crippen LogP contribution in [0.3, 0.4) is 0 Å². The highest BCUT2D eigenvalue weighted by Gasteiger charge is 2.20. The molecule has 0 saturated carbocycles. The van der Waals surface area contributed by atoms with Crippen molar-refractivity contribution >= 4 is 28.7 Å². The monoisotopic (exact) mass is 344 g/mol. The van der Waals surface area contributed by atoms with Crippen molar-refractivity contribution < 1.29 is 27.0 Å². The molecule has 0 bridgehead atoms. The van der Waals surface area contributed by atoms with Gasteiger partial charge in [-0.3, -0.25) is 0 Å². The Morgan fingerprint density at radius 2 is 1.57 bits per heavy atom. The molecule has 0 aromatic heterocycles. The summed E-state index contributed by atoms with van der Waals surface area (Å²) in [4.78, 5) is 0. The van der Waals surface area contributed by atoms with Gasteiger partial charge in [0.05, 0.1) is 0 Å². The Kier molecular flexibility index (Phi) is 3.95. The van der Waals surface area contributed by atoms with E-state index in [2.05, 4.69) is 10.6 Å². The zero-order chi connectivity index (χ0) is 16.6. The molecular formula is C14H8F4N2O2S. The van der Waals surface area contributed by atoms with Crippen LogP contribution in [0.2, 0.25) is 0 Å². The smallest absolute Gasteiger partial charge is 0.231 e. The Labute approximate surface area is 133 Å². The highest BCUT2D eigenvalue weighted by Crippen LogP contribution is 2.34. The molecule has 0 saturated heterocycles. The molecule has 1 aliphatic rings. The van der Waals surface area contributed by atoms with Crippen molar-refractivity contribution in [2.75, 3.05) is 17.4 Å². The molecule has 0 amide bonds. The normalized spacial score (nSPS) is 12.2. The van der Waals surface area contributed by atoms with Crippen LogP contribution in [0.1, 0.15) is 0 Å². The second-order valence-electron chi connectivity index (χ2n) is 4.49. The summed E-state index contributed by atoms with van der Waals surface area (Å²) in [7, 11) is 0. The van der Waals surface area contributed by atoms with Crippen molar-refractivity contribution in [3.05, 3.63) is 47.5 Å². The predicted molar refractivity (Wildman–Crippen MR) is 78.7 cm³/mol. The van der Waals surface area contributed by atoms with Crippen LogP contribution in [0, 0.1) is 23.3 Å². The maximum atomic E-state index is 13.6. The van der Waals surface area contributed by atoms with E-state index in [0.717, 1.165) is 0 Å². The number of ether oxygens (including phenoxy) is 2. The molecule has 2 aromatic rings. The van der Waals surface area contributed by atoms with E-state index in [1.54, 1.807) is 18.2 Å². The highest BCUT2D eigenvalue weighted by atomic mass is 32.1. The average molecular weight is 344 g/mol. The summed E-state index contributed by atoms with van der Waals surface area (Å²) < 4.78 is 63.7. The summed E-state index contributed by atoms with van der Waals surface area (Å²) in [5, 5.41) is 4.46. The fourth-order valence-electron chi connectivity index (χ4n) is 1.93. The number of hydrogen-bond acceptors (Lipinski definition) is 3. The molecule has 0 aliphatic carbocycles. The van der Waals surface area contributed by atoms with Gasteiger partial charge in [0, 0.05) is 17.8 Å². The van der Waals surface area contributed by atoms with Crippen LogP contribution in [0.25, 0.3) is 0 Å². The van der Waals surface area contributed by atoms with E-state index >= 15 is 0 Å². The molecule has 0 atom stereocenters. The summed E-state index contributed by atoms with van der Waals surface area (Å²) in [6, 6.07) is 4.86. The number of anilines is 2. The van der Waals surface area contributed by atoms with Crippen molar-refractivity contribution in [3.63, 3.8) is 0 Å². The van der Waals surface area contributed by atoms with E-state index in [1.807, 2.05) is 0 Å². The summed E-state index contributed by atoms with van der Waals surface area (Å²) in [5.74, 6) is -5.20. The Hall–Kier alpha value is -2.55. The third kappa shape index (κ3) is 3.00. The second-order valence-corrected chi connectivity index (χ2v) is 4.90.